The highest BCUT2D eigenvalue weighted by Crippen LogP contribution is 2.40. The Morgan fingerprint density at radius 1 is 1.26 bits per heavy atom. The normalized spacial score (nSPS) is 38.3. The number of carbonyl (C=O) groups is 1. The van der Waals surface area contributed by atoms with Crippen LogP contribution in [-0.4, -0.2) is 28.6 Å². The van der Waals surface area contributed by atoms with Crippen LogP contribution in [0.25, 0.3) is 0 Å². The number of nitrogens with zero attached hydrogens (tertiary/aromatic N) is 1. The van der Waals surface area contributed by atoms with Gasteiger partial charge < -0.3 is 4.90 Å². The van der Waals surface area contributed by atoms with Crippen LogP contribution in [0.4, 0.5) is 0 Å². The van der Waals surface area contributed by atoms with Crippen molar-refractivity contribution < 1.29 is 4.79 Å². The van der Waals surface area contributed by atoms with Gasteiger partial charge in [-0.25, -0.2) is 0 Å². The van der Waals surface area contributed by atoms with E-state index in [1.165, 1.54) is 44.9 Å². The van der Waals surface area contributed by atoms with E-state index < -0.39 is 0 Å². The van der Waals surface area contributed by atoms with Crippen molar-refractivity contribution in [1.29, 1.82) is 0 Å². The van der Waals surface area contributed by atoms with E-state index in [-0.39, 0.29) is 11.7 Å². The van der Waals surface area contributed by atoms with Crippen LogP contribution in [-0.2, 0) is 4.79 Å². The van der Waals surface area contributed by atoms with Crippen molar-refractivity contribution in [2.24, 2.45) is 5.92 Å². The summed E-state index contributed by atoms with van der Waals surface area (Å²) in [5, 5.41) is 3.64. The Bertz CT molecular complexity index is 349. The van der Waals surface area contributed by atoms with Gasteiger partial charge in [0.05, 0.1) is 11.7 Å². The Hall–Kier alpha value is -0.570. The summed E-state index contributed by atoms with van der Waals surface area (Å²) in [6.07, 6.45) is 11.1. The maximum atomic E-state index is 12.9. The van der Waals surface area contributed by atoms with Gasteiger partial charge in [-0.3, -0.25) is 10.1 Å². The average molecular weight is 264 g/mol. The van der Waals surface area contributed by atoms with E-state index in [4.69, 9.17) is 0 Å². The summed E-state index contributed by atoms with van der Waals surface area (Å²) in [5.41, 5.74) is -0.182. The van der Waals surface area contributed by atoms with Crippen LogP contribution in [0, 0.1) is 5.92 Å². The third kappa shape index (κ3) is 2.20. The molecule has 3 nitrogen and oxygen atoms in total. The summed E-state index contributed by atoms with van der Waals surface area (Å²) in [6.45, 7) is 4.47. The van der Waals surface area contributed by atoms with Gasteiger partial charge in [-0.15, -0.1) is 0 Å². The minimum atomic E-state index is -0.182. The minimum Gasteiger partial charge on any atom is -0.323 e. The quantitative estimate of drug-likeness (QED) is 0.831. The zero-order chi connectivity index (χ0) is 13.5. The molecule has 0 aromatic rings. The summed E-state index contributed by atoms with van der Waals surface area (Å²) in [7, 11) is 0. The fourth-order valence-electron chi connectivity index (χ4n) is 4.66. The maximum Gasteiger partial charge on any atom is 0.244 e. The summed E-state index contributed by atoms with van der Waals surface area (Å²) >= 11 is 0. The van der Waals surface area contributed by atoms with Crippen molar-refractivity contribution in [2.75, 3.05) is 0 Å². The molecular formula is C16H28N2O. The number of nitrogens with one attached hydrogen (secondary N) is 1. The van der Waals surface area contributed by atoms with Gasteiger partial charge in [0.25, 0.3) is 0 Å². The minimum absolute atomic E-state index is 0.182. The third-order valence-electron chi connectivity index (χ3n) is 5.73. The second-order valence-corrected chi connectivity index (χ2v) is 6.92. The SMILES string of the molecule is CCC1CCCC(N2C(=O)C3(CCCC3)NC2C)C1. The van der Waals surface area contributed by atoms with E-state index in [1.807, 2.05) is 0 Å². The van der Waals surface area contributed by atoms with Gasteiger partial charge in [-0.1, -0.05) is 39.0 Å². The van der Waals surface area contributed by atoms with Crippen LogP contribution in [0.2, 0.25) is 0 Å². The summed E-state index contributed by atoms with van der Waals surface area (Å²) < 4.78 is 0. The molecule has 1 saturated heterocycles. The molecule has 1 N–H and O–H groups in total. The Morgan fingerprint density at radius 2 is 2.00 bits per heavy atom. The molecule has 19 heavy (non-hydrogen) atoms. The molecule has 0 aromatic heterocycles. The van der Waals surface area contributed by atoms with Crippen molar-refractivity contribution in [2.45, 2.75) is 89.4 Å². The lowest BCUT2D eigenvalue weighted by Gasteiger charge is -2.37. The molecule has 1 aliphatic heterocycles. The summed E-state index contributed by atoms with van der Waals surface area (Å²) in [5.74, 6) is 1.25. The molecule has 3 aliphatic rings. The Balaban J connectivity index is 1.75. The first-order valence-electron chi connectivity index (χ1n) is 8.27. The molecule has 0 radical (unpaired) electrons. The van der Waals surface area contributed by atoms with E-state index in [2.05, 4.69) is 24.1 Å². The van der Waals surface area contributed by atoms with Crippen molar-refractivity contribution in [3.05, 3.63) is 0 Å². The third-order valence-corrected chi connectivity index (χ3v) is 5.73. The number of hydrogen-bond acceptors (Lipinski definition) is 2. The molecule has 2 saturated carbocycles. The first-order valence-corrected chi connectivity index (χ1v) is 8.27. The van der Waals surface area contributed by atoms with Gasteiger partial charge in [0.2, 0.25) is 5.91 Å². The van der Waals surface area contributed by atoms with Crippen molar-refractivity contribution in [1.82, 2.24) is 10.2 Å². The summed E-state index contributed by atoms with van der Waals surface area (Å²) in [4.78, 5) is 15.1. The predicted octanol–water partition coefficient (Wildman–Crippen LogP) is 3.05. The van der Waals surface area contributed by atoms with Gasteiger partial charge in [-0.05, 0) is 38.5 Å². The highest BCUT2D eigenvalue weighted by molar-refractivity contribution is 5.89. The molecule has 1 amide bonds. The summed E-state index contributed by atoms with van der Waals surface area (Å²) in [6, 6.07) is 0.494. The average Bonchev–Trinajstić information content (AvgIpc) is 2.97. The second kappa shape index (κ2) is 5.08. The Kier molecular flexibility index (Phi) is 3.59. The molecule has 0 aromatic carbocycles. The Morgan fingerprint density at radius 3 is 2.68 bits per heavy atom. The first kappa shape index (κ1) is 13.4. The Labute approximate surface area is 117 Å². The molecule has 2 aliphatic carbocycles. The molecule has 3 heteroatoms. The second-order valence-electron chi connectivity index (χ2n) is 6.92. The van der Waals surface area contributed by atoms with Crippen molar-refractivity contribution in [3.8, 4) is 0 Å². The maximum absolute atomic E-state index is 12.9. The van der Waals surface area contributed by atoms with Crippen LogP contribution < -0.4 is 5.32 Å². The number of carbonyl (C=O) groups excluding carboxylic acids is 1. The van der Waals surface area contributed by atoms with Crippen LogP contribution >= 0.6 is 0 Å². The highest BCUT2D eigenvalue weighted by Gasteiger charge is 2.52. The van der Waals surface area contributed by atoms with Gasteiger partial charge in [-0.2, -0.15) is 0 Å². The van der Waals surface area contributed by atoms with Crippen LogP contribution in [0.5, 0.6) is 0 Å². The molecule has 0 bridgehead atoms. The molecular weight excluding hydrogens is 236 g/mol. The predicted molar refractivity (Wildman–Crippen MR) is 76.7 cm³/mol. The fraction of sp³-hybridized carbons (Fsp3) is 0.938. The molecule has 3 rings (SSSR count). The lowest BCUT2D eigenvalue weighted by molar-refractivity contribution is -0.136. The zero-order valence-electron chi connectivity index (χ0n) is 12.5. The standard InChI is InChI=1S/C16H28N2O/c1-3-13-7-6-8-14(11-13)18-12(2)17-16(15(18)19)9-4-5-10-16/h12-14,17H,3-11H2,1-2H3. The largest absolute Gasteiger partial charge is 0.323 e. The highest BCUT2D eigenvalue weighted by atomic mass is 16.2. The van der Waals surface area contributed by atoms with E-state index in [1.54, 1.807) is 0 Å². The number of amides is 1. The van der Waals surface area contributed by atoms with Gasteiger partial charge in [0.1, 0.15) is 0 Å². The smallest absolute Gasteiger partial charge is 0.244 e. The van der Waals surface area contributed by atoms with Crippen LogP contribution in [0.3, 0.4) is 0 Å². The van der Waals surface area contributed by atoms with Crippen molar-refractivity contribution in [3.63, 3.8) is 0 Å². The van der Waals surface area contributed by atoms with E-state index in [9.17, 15) is 4.79 Å². The first-order chi connectivity index (χ1) is 9.16. The lowest BCUT2D eigenvalue weighted by Crippen LogP contribution is -2.46. The zero-order valence-corrected chi connectivity index (χ0v) is 12.5. The van der Waals surface area contributed by atoms with Crippen LogP contribution in [0.15, 0.2) is 0 Å². The number of hydrogen-bond donors (Lipinski definition) is 1. The molecule has 1 spiro atoms. The fourth-order valence-corrected chi connectivity index (χ4v) is 4.66. The monoisotopic (exact) mass is 264 g/mol. The molecule has 3 fully saturated rings. The van der Waals surface area contributed by atoms with Crippen molar-refractivity contribution >= 4 is 5.91 Å². The van der Waals surface area contributed by atoms with Gasteiger partial charge >= 0.3 is 0 Å². The molecule has 1 heterocycles. The van der Waals surface area contributed by atoms with Gasteiger partial charge in [0.15, 0.2) is 0 Å². The molecule has 3 atom stereocenters. The molecule has 108 valence electrons. The van der Waals surface area contributed by atoms with E-state index in [0.29, 0.717) is 11.9 Å². The lowest BCUT2D eigenvalue weighted by atomic mass is 9.83. The van der Waals surface area contributed by atoms with E-state index in [0.717, 1.165) is 18.8 Å². The molecule has 3 unspecified atom stereocenters. The topological polar surface area (TPSA) is 32.3 Å². The number of rotatable bonds is 2. The van der Waals surface area contributed by atoms with Gasteiger partial charge in [0, 0.05) is 6.04 Å². The van der Waals surface area contributed by atoms with E-state index >= 15 is 0 Å². The van der Waals surface area contributed by atoms with Crippen LogP contribution in [0.1, 0.15) is 71.6 Å².